The third-order valence-electron chi connectivity index (χ3n) is 3.52. The molecule has 1 saturated carbocycles. The van der Waals surface area contributed by atoms with E-state index >= 15 is 0 Å². The first-order valence-corrected chi connectivity index (χ1v) is 5.86. The van der Waals surface area contributed by atoms with E-state index in [0.717, 1.165) is 17.7 Å². The second kappa shape index (κ2) is 3.90. The molecule has 2 rings (SSSR count). The van der Waals surface area contributed by atoms with Gasteiger partial charge in [0.2, 0.25) is 0 Å². The lowest BCUT2D eigenvalue weighted by Gasteiger charge is -2.49. The molecule has 1 aromatic rings. The standard InChI is InChI=1S/C12H17ClN2O/c1-7-4-8(11(13)14-6-7)15-9-5-10(16)12(9,2)3/h4,6,9-10,15-16H,5H2,1-3H3. The van der Waals surface area contributed by atoms with Crippen molar-refractivity contribution in [2.45, 2.75) is 39.3 Å². The molecule has 0 bridgehead atoms. The van der Waals surface area contributed by atoms with Crippen molar-refractivity contribution in [3.63, 3.8) is 0 Å². The Balaban J connectivity index is 2.13. The molecule has 1 aliphatic rings. The average molecular weight is 241 g/mol. The largest absolute Gasteiger partial charge is 0.392 e. The van der Waals surface area contributed by atoms with E-state index in [-0.39, 0.29) is 17.6 Å². The van der Waals surface area contributed by atoms with Crippen LogP contribution in [0.5, 0.6) is 0 Å². The van der Waals surface area contributed by atoms with E-state index in [4.69, 9.17) is 11.6 Å². The van der Waals surface area contributed by atoms with Crippen LogP contribution in [0.15, 0.2) is 12.3 Å². The molecular weight excluding hydrogens is 224 g/mol. The summed E-state index contributed by atoms with van der Waals surface area (Å²) >= 11 is 6.01. The van der Waals surface area contributed by atoms with Crippen LogP contribution in [0.3, 0.4) is 0 Å². The highest BCUT2D eigenvalue weighted by atomic mass is 35.5. The molecule has 3 nitrogen and oxygen atoms in total. The SMILES string of the molecule is Cc1cnc(Cl)c(NC2CC(O)C2(C)C)c1. The molecule has 88 valence electrons. The van der Waals surface area contributed by atoms with Gasteiger partial charge in [0.15, 0.2) is 5.15 Å². The predicted molar refractivity (Wildman–Crippen MR) is 65.8 cm³/mol. The van der Waals surface area contributed by atoms with E-state index in [1.807, 2.05) is 13.0 Å². The number of hydrogen-bond donors (Lipinski definition) is 2. The third kappa shape index (κ3) is 1.89. The van der Waals surface area contributed by atoms with Crippen LogP contribution < -0.4 is 5.32 Å². The van der Waals surface area contributed by atoms with E-state index in [1.54, 1.807) is 6.20 Å². The van der Waals surface area contributed by atoms with Gasteiger partial charge in [0, 0.05) is 17.7 Å². The summed E-state index contributed by atoms with van der Waals surface area (Å²) in [4.78, 5) is 4.10. The van der Waals surface area contributed by atoms with Crippen molar-refractivity contribution >= 4 is 17.3 Å². The van der Waals surface area contributed by atoms with E-state index < -0.39 is 0 Å². The number of aliphatic hydroxyl groups is 1. The monoisotopic (exact) mass is 240 g/mol. The van der Waals surface area contributed by atoms with Gasteiger partial charge in [-0.15, -0.1) is 0 Å². The smallest absolute Gasteiger partial charge is 0.152 e. The zero-order valence-corrected chi connectivity index (χ0v) is 10.5. The van der Waals surface area contributed by atoms with Crippen LogP contribution in [-0.2, 0) is 0 Å². The van der Waals surface area contributed by atoms with Gasteiger partial charge in [-0.05, 0) is 25.0 Å². The Morgan fingerprint density at radius 1 is 1.56 bits per heavy atom. The molecular formula is C12H17ClN2O. The molecule has 1 heterocycles. The van der Waals surface area contributed by atoms with Crippen molar-refractivity contribution in [3.8, 4) is 0 Å². The first-order chi connectivity index (χ1) is 7.41. The van der Waals surface area contributed by atoms with Crippen LogP contribution in [0.25, 0.3) is 0 Å². The summed E-state index contributed by atoms with van der Waals surface area (Å²) in [5.41, 5.74) is 1.82. The fourth-order valence-corrected chi connectivity index (χ4v) is 2.15. The van der Waals surface area contributed by atoms with E-state index in [0.29, 0.717) is 5.15 Å². The quantitative estimate of drug-likeness (QED) is 0.782. The Kier molecular flexibility index (Phi) is 2.84. The molecule has 0 aromatic carbocycles. The predicted octanol–water partition coefficient (Wildman–Crippen LogP) is 2.61. The first-order valence-electron chi connectivity index (χ1n) is 5.48. The summed E-state index contributed by atoms with van der Waals surface area (Å²) in [7, 11) is 0. The minimum atomic E-state index is -0.235. The van der Waals surface area contributed by atoms with Crippen LogP contribution in [-0.4, -0.2) is 22.2 Å². The lowest BCUT2D eigenvalue weighted by atomic mass is 9.64. The van der Waals surface area contributed by atoms with Gasteiger partial charge < -0.3 is 10.4 Å². The van der Waals surface area contributed by atoms with Crippen LogP contribution in [0.2, 0.25) is 5.15 Å². The van der Waals surface area contributed by atoms with E-state index in [9.17, 15) is 5.11 Å². The molecule has 4 heteroatoms. The van der Waals surface area contributed by atoms with Crippen molar-refractivity contribution in [3.05, 3.63) is 23.0 Å². The minimum Gasteiger partial charge on any atom is -0.392 e. The highest BCUT2D eigenvalue weighted by molar-refractivity contribution is 6.32. The Labute approximate surface area is 101 Å². The Morgan fingerprint density at radius 3 is 2.81 bits per heavy atom. The van der Waals surface area contributed by atoms with Crippen LogP contribution in [0.4, 0.5) is 5.69 Å². The molecule has 16 heavy (non-hydrogen) atoms. The molecule has 1 fully saturated rings. The van der Waals surface area contributed by atoms with Gasteiger partial charge in [-0.25, -0.2) is 4.98 Å². The number of aromatic nitrogens is 1. The zero-order chi connectivity index (χ0) is 11.9. The van der Waals surface area contributed by atoms with Crippen molar-refractivity contribution in [1.82, 2.24) is 4.98 Å². The number of rotatable bonds is 2. The summed E-state index contributed by atoms with van der Waals surface area (Å²) < 4.78 is 0. The summed E-state index contributed by atoms with van der Waals surface area (Å²) in [5.74, 6) is 0. The number of pyridine rings is 1. The number of anilines is 1. The maximum absolute atomic E-state index is 9.66. The zero-order valence-electron chi connectivity index (χ0n) is 9.79. The number of hydrogen-bond acceptors (Lipinski definition) is 3. The fourth-order valence-electron chi connectivity index (χ4n) is 1.99. The fraction of sp³-hybridized carbons (Fsp3) is 0.583. The van der Waals surface area contributed by atoms with E-state index in [2.05, 4.69) is 24.1 Å². The topological polar surface area (TPSA) is 45.2 Å². The van der Waals surface area contributed by atoms with Crippen LogP contribution >= 0.6 is 11.6 Å². The maximum atomic E-state index is 9.66. The molecule has 0 radical (unpaired) electrons. The van der Waals surface area contributed by atoms with Gasteiger partial charge in [-0.1, -0.05) is 25.4 Å². The number of aryl methyl sites for hydroxylation is 1. The number of halogens is 1. The van der Waals surface area contributed by atoms with Crippen molar-refractivity contribution in [1.29, 1.82) is 0 Å². The van der Waals surface area contributed by atoms with Crippen molar-refractivity contribution < 1.29 is 5.11 Å². The first kappa shape index (κ1) is 11.7. The van der Waals surface area contributed by atoms with Gasteiger partial charge in [-0.3, -0.25) is 0 Å². The molecule has 2 N–H and O–H groups in total. The van der Waals surface area contributed by atoms with Gasteiger partial charge in [0.25, 0.3) is 0 Å². The molecule has 2 atom stereocenters. The van der Waals surface area contributed by atoms with Gasteiger partial charge >= 0.3 is 0 Å². The molecule has 0 aliphatic heterocycles. The van der Waals surface area contributed by atoms with Crippen molar-refractivity contribution in [2.24, 2.45) is 5.41 Å². The second-order valence-electron chi connectivity index (χ2n) is 5.12. The molecule has 0 spiro atoms. The Bertz CT molecular complexity index is 406. The van der Waals surface area contributed by atoms with Gasteiger partial charge in [-0.2, -0.15) is 0 Å². The highest BCUT2D eigenvalue weighted by Gasteiger charge is 2.47. The average Bonchev–Trinajstić information content (AvgIpc) is 2.23. The Hall–Kier alpha value is -0.800. The summed E-state index contributed by atoms with van der Waals surface area (Å²) in [6.07, 6.45) is 2.27. The summed E-state index contributed by atoms with van der Waals surface area (Å²) in [6.45, 7) is 6.08. The Morgan fingerprint density at radius 2 is 2.25 bits per heavy atom. The van der Waals surface area contributed by atoms with Crippen molar-refractivity contribution in [2.75, 3.05) is 5.32 Å². The minimum absolute atomic E-state index is 0.104. The molecule has 0 amide bonds. The van der Waals surface area contributed by atoms with Gasteiger partial charge in [0.1, 0.15) is 0 Å². The molecule has 1 aromatic heterocycles. The van der Waals surface area contributed by atoms with E-state index in [1.165, 1.54) is 0 Å². The molecule has 1 aliphatic carbocycles. The second-order valence-corrected chi connectivity index (χ2v) is 5.48. The van der Waals surface area contributed by atoms with Gasteiger partial charge in [0.05, 0.1) is 11.8 Å². The molecule has 0 saturated heterocycles. The summed E-state index contributed by atoms with van der Waals surface area (Å²) in [6, 6.07) is 2.24. The maximum Gasteiger partial charge on any atom is 0.152 e. The lowest BCUT2D eigenvalue weighted by molar-refractivity contribution is -0.0510. The third-order valence-corrected chi connectivity index (χ3v) is 3.82. The lowest BCUT2D eigenvalue weighted by Crippen LogP contribution is -2.56. The van der Waals surface area contributed by atoms with Crippen LogP contribution in [0.1, 0.15) is 25.8 Å². The highest BCUT2D eigenvalue weighted by Crippen LogP contribution is 2.42. The number of aliphatic hydroxyl groups excluding tert-OH is 1. The molecule has 2 unspecified atom stereocenters. The summed E-state index contributed by atoms with van der Waals surface area (Å²) in [5, 5.41) is 13.5. The van der Waals surface area contributed by atoms with Crippen LogP contribution in [0, 0.1) is 12.3 Å². The number of nitrogens with zero attached hydrogens (tertiary/aromatic N) is 1. The normalized spacial score (nSPS) is 27.3. The number of nitrogens with one attached hydrogen (secondary N) is 1.